The molecule has 0 amide bonds. The van der Waals surface area contributed by atoms with Crippen molar-refractivity contribution in [3.8, 4) is 5.75 Å². The molecule has 0 radical (unpaired) electrons. The number of hydrogen-bond acceptors (Lipinski definition) is 6. The summed E-state index contributed by atoms with van der Waals surface area (Å²) in [5, 5.41) is 0. The van der Waals surface area contributed by atoms with Gasteiger partial charge in [0.15, 0.2) is 9.84 Å². The van der Waals surface area contributed by atoms with Gasteiger partial charge in [0.2, 0.25) is 10.0 Å². The fourth-order valence-electron chi connectivity index (χ4n) is 1.56. The summed E-state index contributed by atoms with van der Waals surface area (Å²) in [6, 6.07) is 3.67. The van der Waals surface area contributed by atoms with Crippen molar-refractivity contribution < 1.29 is 21.6 Å². The summed E-state index contributed by atoms with van der Waals surface area (Å²) in [5.41, 5.74) is 4.64. The molecule has 0 spiro atoms. The minimum absolute atomic E-state index is 0.0581. The van der Waals surface area contributed by atoms with Gasteiger partial charge in [-0.1, -0.05) is 0 Å². The molecule has 0 bridgehead atoms. The highest BCUT2D eigenvalue weighted by Crippen LogP contribution is 2.27. The maximum absolute atomic E-state index is 12.4. The highest BCUT2D eigenvalue weighted by atomic mass is 32.2. The molecule has 0 aromatic heterocycles. The molecule has 0 saturated carbocycles. The highest BCUT2D eigenvalue weighted by molar-refractivity contribution is 7.91. The van der Waals surface area contributed by atoms with Crippen molar-refractivity contribution >= 4 is 19.9 Å². The monoisotopic (exact) mass is 336 g/mol. The van der Waals surface area contributed by atoms with E-state index in [0.717, 1.165) is 12.3 Å². The van der Waals surface area contributed by atoms with Gasteiger partial charge in [0.05, 0.1) is 12.0 Å². The van der Waals surface area contributed by atoms with E-state index in [1.807, 2.05) is 0 Å². The van der Waals surface area contributed by atoms with Crippen LogP contribution in [0.25, 0.3) is 0 Å². The lowest BCUT2D eigenvalue weighted by Gasteiger charge is -2.24. The van der Waals surface area contributed by atoms with E-state index in [9.17, 15) is 16.8 Å². The fraction of sp³-hybridized carbons (Fsp3) is 0.500. The first-order valence-electron chi connectivity index (χ1n) is 6.05. The van der Waals surface area contributed by atoms with Crippen molar-refractivity contribution in [1.82, 2.24) is 4.72 Å². The number of ether oxygens (including phenoxy) is 1. The lowest BCUT2D eigenvalue weighted by Crippen LogP contribution is -2.48. The molecule has 7 nitrogen and oxygen atoms in total. The van der Waals surface area contributed by atoms with Gasteiger partial charge in [-0.05, 0) is 32.0 Å². The van der Waals surface area contributed by atoms with Crippen LogP contribution in [-0.2, 0) is 19.9 Å². The first kappa shape index (κ1) is 17.9. The molecular formula is C12H20N2O5S2. The summed E-state index contributed by atoms with van der Waals surface area (Å²) >= 11 is 0. The van der Waals surface area contributed by atoms with Gasteiger partial charge in [0.25, 0.3) is 0 Å². The SMILES string of the molecule is COc1ccc(S(C)(=O)=O)cc1S(=O)(=O)NC(C)(C)CN. The molecule has 0 fully saturated rings. The van der Waals surface area contributed by atoms with Crippen LogP contribution in [0.1, 0.15) is 13.8 Å². The Morgan fingerprint density at radius 2 is 1.81 bits per heavy atom. The van der Waals surface area contributed by atoms with Gasteiger partial charge in [-0.25, -0.2) is 21.6 Å². The average Bonchev–Trinajstić information content (AvgIpc) is 2.35. The minimum Gasteiger partial charge on any atom is -0.495 e. The fourth-order valence-corrected chi connectivity index (χ4v) is 3.90. The lowest BCUT2D eigenvalue weighted by atomic mass is 10.1. The molecule has 120 valence electrons. The molecule has 9 heteroatoms. The molecule has 0 aliphatic carbocycles. The topological polar surface area (TPSA) is 116 Å². The van der Waals surface area contributed by atoms with Crippen LogP contribution in [0.3, 0.4) is 0 Å². The Balaban J connectivity index is 3.46. The van der Waals surface area contributed by atoms with E-state index in [2.05, 4.69) is 4.72 Å². The second kappa shape index (κ2) is 5.91. The summed E-state index contributed by atoms with van der Waals surface area (Å²) in [4.78, 5) is -0.344. The van der Waals surface area contributed by atoms with E-state index in [1.165, 1.54) is 19.2 Å². The van der Waals surface area contributed by atoms with Crippen molar-refractivity contribution in [2.75, 3.05) is 19.9 Å². The standard InChI is InChI=1S/C12H20N2O5S2/c1-12(2,8-13)14-21(17,18)11-7-9(20(4,15)16)5-6-10(11)19-3/h5-7,14H,8,13H2,1-4H3. The first-order valence-corrected chi connectivity index (χ1v) is 9.42. The van der Waals surface area contributed by atoms with Gasteiger partial charge in [-0.3, -0.25) is 0 Å². The summed E-state index contributed by atoms with van der Waals surface area (Å²) in [6.07, 6.45) is 1.00. The van der Waals surface area contributed by atoms with Crippen LogP contribution in [0.2, 0.25) is 0 Å². The van der Waals surface area contributed by atoms with E-state index in [0.29, 0.717) is 0 Å². The number of rotatable bonds is 6. The predicted octanol–water partition coefficient (Wildman–Crippen LogP) is 0.114. The van der Waals surface area contributed by atoms with Gasteiger partial charge in [0.1, 0.15) is 10.6 Å². The summed E-state index contributed by atoms with van der Waals surface area (Å²) in [7, 11) is -6.20. The Morgan fingerprint density at radius 1 is 1.24 bits per heavy atom. The number of methoxy groups -OCH3 is 1. The molecule has 1 rings (SSSR count). The Morgan fingerprint density at radius 3 is 2.24 bits per heavy atom. The average molecular weight is 336 g/mol. The van der Waals surface area contributed by atoms with Crippen molar-refractivity contribution in [2.24, 2.45) is 5.73 Å². The van der Waals surface area contributed by atoms with Crippen molar-refractivity contribution in [3.05, 3.63) is 18.2 Å². The molecule has 1 aromatic carbocycles. The van der Waals surface area contributed by atoms with Crippen LogP contribution in [0.15, 0.2) is 28.0 Å². The third-order valence-electron chi connectivity index (χ3n) is 2.77. The Bertz CT molecular complexity index is 724. The van der Waals surface area contributed by atoms with Crippen LogP contribution in [-0.4, -0.2) is 42.3 Å². The normalized spacial score (nSPS) is 13.2. The zero-order valence-electron chi connectivity index (χ0n) is 12.4. The number of benzene rings is 1. The Kier molecular flexibility index (Phi) is 5.04. The quantitative estimate of drug-likeness (QED) is 0.762. The van der Waals surface area contributed by atoms with Crippen molar-refractivity contribution in [2.45, 2.75) is 29.2 Å². The van der Waals surface area contributed by atoms with E-state index in [1.54, 1.807) is 13.8 Å². The molecule has 1 aromatic rings. The number of hydrogen-bond donors (Lipinski definition) is 2. The highest BCUT2D eigenvalue weighted by Gasteiger charge is 2.28. The molecule has 0 unspecified atom stereocenters. The van der Waals surface area contributed by atoms with Gasteiger partial charge in [-0.15, -0.1) is 0 Å². The van der Waals surface area contributed by atoms with E-state index < -0.39 is 25.4 Å². The second-order valence-corrected chi connectivity index (χ2v) is 8.94. The number of nitrogens with two attached hydrogens (primary N) is 1. The molecular weight excluding hydrogens is 316 g/mol. The molecule has 0 aliphatic rings. The Hall–Kier alpha value is -1.16. The largest absolute Gasteiger partial charge is 0.495 e. The molecule has 0 aliphatic heterocycles. The maximum atomic E-state index is 12.4. The zero-order valence-corrected chi connectivity index (χ0v) is 14.0. The molecule has 0 saturated heterocycles. The first-order chi connectivity index (χ1) is 9.43. The van der Waals surface area contributed by atoms with Crippen molar-refractivity contribution in [1.29, 1.82) is 0 Å². The molecule has 0 atom stereocenters. The predicted molar refractivity (Wildman–Crippen MR) is 79.6 cm³/mol. The summed E-state index contributed by atoms with van der Waals surface area (Å²) in [6.45, 7) is 3.33. The summed E-state index contributed by atoms with van der Waals surface area (Å²) < 4.78 is 55.4. The smallest absolute Gasteiger partial charge is 0.244 e. The van der Waals surface area contributed by atoms with E-state index >= 15 is 0 Å². The van der Waals surface area contributed by atoms with Gasteiger partial charge < -0.3 is 10.5 Å². The summed E-state index contributed by atoms with van der Waals surface area (Å²) in [5.74, 6) is 0.0581. The van der Waals surface area contributed by atoms with Crippen LogP contribution < -0.4 is 15.2 Å². The van der Waals surface area contributed by atoms with Crippen molar-refractivity contribution in [3.63, 3.8) is 0 Å². The Labute approximate surface area is 125 Å². The van der Waals surface area contributed by atoms with Gasteiger partial charge >= 0.3 is 0 Å². The van der Waals surface area contributed by atoms with Crippen LogP contribution in [0, 0.1) is 0 Å². The molecule has 3 N–H and O–H groups in total. The van der Waals surface area contributed by atoms with Gasteiger partial charge in [-0.2, -0.15) is 0 Å². The molecule has 0 heterocycles. The molecule has 21 heavy (non-hydrogen) atoms. The van der Waals surface area contributed by atoms with Crippen LogP contribution >= 0.6 is 0 Å². The van der Waals surface area contributed by atoms with Gasteiger partial charge in [0, 0.05) is 18.3 Å². The number of sulfonamides is 1. The minimum atomic E-state index is -3.98. The number of nitrogens with one attached hydrogen (secondary N) is 1. The zero-order chi connectivity index (χ0) is 16.5. The third kappa shape index (κ3) is 4.40. The second-order valence-electron chi connectivity index (χ2n) is 5.28. The maximum Gasteiger partial charge on any atom is 0.244 e. The lowest BCUT2D eigenvalue weighted by molar-refractivity contribution is 0.399. The van der Waals surface area contributed by atoms with Crippen LogP contribution in [0.5, 0.6) is 5.75 Å². The van der Waals surface area contributed by atoms with E-state index in [4.69, 9.17) is 10.5 Å². The number of sulfone groups is 1. The van der Waals surface area contributed by atoms with Crippen LogP contribution in [0.4, 0.5) is 0 Å². The third-order valence-corrected chi connectivity index (χ3v) is 5.60. The van der Waals surface area contributed by atoms with E-state index in [-0.39, 0.29) is 22.1 Å².